The number of carbonyl (C=O) groups is 1. The quantitative estimate of drug-likeness (QED) is 0.415. The number of rotatable bonds is 7. The lowest BCUT2D eigenvalue weighted by Crippen LogP contribution is -2.23. The number of halogens is 1. The highest BCUT2D eigenvalue weighted by Crippen LogP contribution is 2.22. The van der Waals surface area contributed by atoms with Gasteiger partial charge in [-0.25, -0.2) is 12.8 Å². The van der Waals surface area contributed by atoms with E-state index in [0.29, 0.717) is 0 Å². The average molecular weight is 465 g/mol. The molecule has 4 aromatic carbocycles. The van der Waals surface area contributed by atoms with Crippen molar-refractivity contribution in [3.63, 3.8) is 0 Å². The molecule has 1 amide bonds. The van der Waals surface area contributed by atoms with Gasteiger partial charge in [-0.1, -0.05) is 36.4 Å². The van der Waals surface area contributed by atoms with E-state index in [4.69, 9.17) is 4.74 Å². The second kappa shape index (κ2) is 9.30. The van der Waals surface area contributed by atoms with Gasteiger partial charge in [0.05, 0.1) is 17.7 Å². The highest BCUT2D eigenvalue weighted by atomic mass is 32.2. The molecule has 0 radical (unpaired) electrons. The van der Waals surface area contributed by atoms with Gasteiger partial charge in [-0.05, 0) is 64.9 Å². The van der Waals surface area contributed by atoms with Crippen LogP contribution >= 0.6 is 0 Å². The van der Waals surface area contributed by atoms with Gasteiger partial charge in [0, 0.05) is 12.1 Å². The minimum atomic E-state index is -4.07. The van der Waals surface area contributed by atoms with Gasteiger partial charge in [0.2, 0.25) is 0 Å². The topological polar surface area (TPSA) is 84.5 Å². The molecule has 0 aliphatic rings. The molecule has 6 nitrogen and oxygen atoms in total. The van der Waals surface area contributed by atoms with E-state index in [1.165, 1.54) is 42.5 Å². The Balaban J connectivity index is 1.47. The number of amides is 1. The zero-order valence-electron chi connectivity index (χ0n) is 17.7. The van der Waals surface area contributed by atoms with Crippen molar-refractivity contribution < 1.29 is 22.3 Å². The Morgan fingerprint density at radius 1 is 0.909 bits per heavy atom. The van der Waals surface area contributed by atoms with Gasteiger partial charge in [0.1, 0.15) is 11.6 Å². The summed E-state index contributed by atoms with van der Waals surface area (Å²) in [5, 5.41) is 4.83. The molecule has 0 spiro atoms. The van der Waals surface area contributed by atoms with Crippen molar-refractivity contribution in [2.75, 3.05) is 11.8 Å². The molecule has 0 saturated heterocycles. The molecule has 0 saturated carbocycles. The van der Waals surface area contributed by atoms with Crippen molar-refractivity contribution in [3.05, 3.63) is 102 Å². The van der Waals surface area contributed by atoms with Crippen molar-refractivity contribution >= 4 is 32.4 Å². The number of fused-ring (bicyclic) bond motifs is 1. The number of anilines is 1. The molecule has 33 heavy (non-hydrogen) atoms. The number of para-hydroxylation sites is 1. The monoisotopic (exact) mass is 464 g/mol. The number of ether oxygens (including phenoxy) is 1. The fraction of sp³-hybridized carbons (Fsp3) is 0.0800. The molecule has 4 rings (SSSR count). The molecular weight excluding hydrogens is 443 g/mol. The van der Waals surface area contributed by atoms with Crippen molar-refractivity contribution in [2.45, 2.75) is 11.4 Å². The first-order chi connectivity index (χ1) is 15.9. The van der Waals surface area contributed by atoms with Gasteiger partial charge in [-0.2, -0.15) is 0 Å². The van der Waals surface area contributed by atoms with E-state index in [2.05, 4.69) is 10.0 Å². The summed E-state index contributed by atoms with van der Waals surface area (Å²) in [6, 6.07) is 22.6. The molecule has 4 aromatic rings. The van der Waals surface area contributed by atoms with Crippen LogP contribution in [0.2, 0.25) is 0 Å². The number of nitrogens with one attached hydrogen (secondary N) is 2. The first kappa shape index (κ1) is 22.3. The van der Waals surface area contributed by atoms with Crippen LogP contribution in [0.5, 0.6) is 5.75 Å². The molecule has 8 heteroatoms. The van der Waals surface area contributed by atoms with Crippen LogP contribution in [0, 0.1) is 5.82 Å². The predicted molar refractivity (Wildman–Crippen MR) is 125 cm³/mol. The van der Waals surface area contributed by atoms with Crippen LogP contribution in [0.1, 0.15) is 15.9 Å². The Kier molecular flexibility index (Phi) is 6.28. The molecule has 0 heterocycles. The zero-order valence-corrected chi connectivity index (χ0v) is 18.5. The third-order valence-corrected chi connectivity index (χ3v) is 6.45. The number of methoxy groups -OCH3 is 1. The summed E-state index contributed by atoms with van der Waals surface area (Å²) in [6.07, 6.45) is 0. The summed E-state index contributed by atoms with van der Waals surface area (Å²) >= 11 is 0. The van der Waals surface area contributed by atoms with Crippen LogP contribution in [0.4, 0.5) is 10.1 Å². The fourth-order valence-corrected chi connectivity index (χ4v) is 4.46. The second-order valence-corrected chi connectivity index (χ2v) is 9.03. The third-order valence-electron chi connectivity index (χ3n) is 5.09. The molecule has 2 N–H and O–H groups in total. The number of benzene rings is 4. The predicted octanol–water partition coefficient (Wildman–Crippen LogP) is 4.72. The minimum absolute atomic E-state index is 0.141. The summed E-state index contributed by atoms with van der Waals surface area (Å²) in [4.78, 5) is 12.5. The fourth-order valence-electron chi connectivity index (χ4n) is 3.35. The number of sulfonamides is 1. The Hall–Kier alpha value is -3.91. The summed E-state index contributed by atoms with van der Waals surface area (Å²) < 4.78 is 46.6. The van der Waals surface area contributed by atoms with Gasteiger partial charge in [0.15, 0.2) is 0 Å². The van der Waals surface area contributed by atoms with Gasteiger partial charge < -0.3 is 10.1 Å². The van der Waals surface area contributed by atoms with Crippen molar-refractivity contribution in [1.82, 2.24) is 5.32 Å². The van der Waals surface area contributed by atoms with Crippen molar-refractivity contribution in [2.24, 2.45) is 0 Å². The maximum absolute atomic E-state index is 13.8. The maximum Gasteiger partial charge on any atom is 0.262 e. The molecule has 0 aliphatic carbocycles. The maximum atomic E-state index is 13.8. The normalized spacial score (nSPS) is 11.2. The minimum Gasteiger partial charge on any atom is -0.497 e. The lowest BCUT2D eigenvalue weighted by atomic mass is 10.1. The number of hydrogen-bond acceptors (Lipinski definition) is 4. The van der Waals surface area contributed by atoms with Gasteiger partial charge in [0.25, 0.3) is 15.9 Å². The summed E-state index contributed by atoms with van der Waals surface area (Å²) in [6.45, 7) is 0.269. The highest BCUT2D eigenvalue weighted by molar-refractivity contribution is 7.92. The molecule has 0 bridgehead atoms. The van der Waals surface area contributed by atoms with Crippen LogP contribution in [-0.4, -0.2) is 21.4 Å². The largest absolute Gasteiger partial charge is 0.497 e. The number of hydrogen-bond donors (Lipinski definition) is 2. The molecule has 0 aliphatic heterocycles. The summed E-state index contributed by atoms with van der Waals surface area (Å²) in [7, 11) is -2.46. The standard InChI is InChI=1S/C25H21FN2O4S/c1-32-21-12-11-18-13-17(9-10-19(18)14-21)16-27-25(29)20-5-4-6-22(15-20)33(30,31)28-24-8-3-2-7-23(24)26/h2-15,28H,16H2,1H3,(H,27,29). The Morgan fingerprint density at radius 2 is 1.67 bits per heavy atom. The van der Waals surface area contributed by atoms with E-state index < -0.39 is 21.7 Å². The zero-order chi connectivity index (χ0) is 23.4. The SMILES string of the molecule is COc1ccc2cc(CNC(=O)c3cccc(S(=O)(=O)Nc4ccccc4F)c3)ccc2c1. The molecule has 168 valence electrons. The van der Waals surface area contributed by atoms with Gasteiger partial charge >= 0.3 is 0 Å². The molecule has 0 atom stereocenters. The van der Waals surface area contributed by atoms with E-state index in [-0.39, 0.29) is 22.7 Å². The molecule has 0 aromatic heterocycles. The van der Waals surface area contributed by atoms with E-state index in [1.54, 1.807) is 7.11 Å². The number of carbonyl (C=O) groups excluding carboxylic acids is 1. The average Bonchev–Trinajstić information content (AvgIpc) is 2.83. The molecule has 0 fully saturated rings. The highest BCUT2D eigenvalue weighted by Gasteiger charge is 2.18. The molecule has 0 unspecified atom stereocenters. The summed E-state index contributed by atoms with van der Waals surface area (Å²) in [5.41, 5.74) is 0.907. The lowest BCUT2D eigenvalue weighted by Gasteiger charge is -2.11. The molecular formula is C25H21FN2O4S. The van der Waals surface area contributed by atoms with Crippen LogP contribution in [0.3, 0.4) is 0 Å². The Bertz CT molecular complexity index is 1440. The summed E-state index contributed by atoms with van der Waals surface area (Å²) in [5.74, 6) is -0.348. The van der Waals surface area contributed by atoms with Crippen LogP contribution in [0.25, 0.3) is 10.8 Å². The van der Waals surface area contributed by atoms with Crippen LogP contribution < -0.4 is 14.8 Å². The van der Waals surface area contributed by atoms with E-state index in [0.717, 1.165) is 28.2 Å². The first-order valence-corrected chi connectivity index (χ1v) is 11.6. The van der Waals surface area contributed by atoms with Gasteiger partial charge in [-0.15, -0.1) is 0 Å². The Morgan fingerprint density at radius 3 is 2.45 bits per heavy atom. The van der Waals surface area contributed by atoms with Gasteiger partial charge in [-0.3, -0.25) is 9.52 Å². The van der Waals surface area contributed by atoms with Crippen LogP contribution in [0.15, 0.2) is 89.8 Å². The second-order valence-electron chi connectivity index (χ2n) is 7.34. The van der Waals surface area contributed by atoms with Crippen molar-refractivity contribution in [3.8, 4) is 5.75 Å². The lowest BCUT2D eigenvalue weighted by molar-refractivity contribution is 0.0950. The smallest absolute Gasteiger partial charge is 0.262 e. The van der Waals surface area contributed by atoms with E-state index >= 15 is 0 Å². The van der Waals surface area contributed by atoms with E-state index in [1.807, 2.05) is 36.4 Å². The Labute approximate surface area is 191 Å². The van der Waals surface area contributed by atoms with E-state index in [9.17, 15) is 17.6 Å². The first-order valence-electron chi connectivity index (χ1n) is 10.1. The third kappa shape index (κ3) is 5.12. The van der Waals surface area contributed by atoms with Crippen molar-refractivity contribution in [1.29, 1.82) is 0 Å². The van der Waals surface area contributed by atoms with Crippen LogP contribution in [-0.2, 0) is 16.6 Å².